The summed E-state index contributed by atoms with van der Waals surface area (Å²) in [6.45, 7) is 7.35. The van der Waals surface area contributed by atoms with Gasteiger partial charge in [0.1, 0.15) is 29.0 Å². The van der Waals surface area contributed by atoms with E-state index in [0.717, 1.165) is 36.0 Å². The number of hydrogen-bond donors (Lipinski definition) is 0. The van der Waals surface area contributed by atoms with Gasteiger partial charge in [-0.25, -0.2) is 14.8 Å². The SMILES string of the molecule is COc1cc(OC)c(Cl)c(-c2ccc3nc(C[C@H]4C[C@@H](C(=O)N5CCC5)N(C(=O)OC(C)(C)C)C4)ncc3c2)c1Cl. The van der Waals surface area contributed by atoms with Crippen LogP contribution >= 0.6 is 23.2 Å². The van der Waals surface area contributed by atoms with Crippen LogP contribution in [0.2, 0.25) is 10.0 Å². The third-order valence-corrected chi connectivity index (χ3v) is 8.18. The molecule has 2 atom stereocenters. The van der Waals surface area contributed by atoms with E-state index >= 15 is 0 Å². The van der Waals surface area contributed by atoms with Gasteiger partial charge in [0, 0.05) is 49.3 Å². The van der Waals surface area contributed by atoms with Crippen LogP contribution in [0, 0.1) is 5.92 Å². The van der Waals surface area contributed by atoms with Crippen LogP contribution in [0.25, 0.3) is 22.0 Å². The third-order valence-electron chi connectivity index (χ3n) is 7.43. The van der Waals surface area contributed by atoms with Crippen LogP contribution in [0.4, 0.5) is 4.79 Å². The maximum absolute atomic E-state index is 13.2. The van der Waals surface area contributed by atoms with Gasteiger partial charge in [-0.3, -0.25) is 9.69 Å². The summed E-state index contributed by atoms with van der Waals surface area (Å²) < 4.78 is 16.5. The fourth-order valence-corrected chi connectivity index (χ4v) is 6.02. The number of carbonyl (C=O) groups is 2. The lowest BCUT2D eigenvalue weighted by Gasteiger charge is -2.36. The Morgan fingerprint density at radius 1 is 1.05 bits per heavy atom. The second-order valence-electron chi connectivity index (χ2n) is 11.5. The molecule has 2 amide bonds. The monoisotopic (exact) mass is 600 g/mol. The number of halogens is 2. The molecule has 0 unspecified atom stereocenters. The average molecular weight is 602 g/mol. The summed E-state index contributed by atoms with van der Waals surface area (Å²) in [6.07, 6.45) is 3.38. The highest BCUT2D eigenvalue weighted by Gasteiger charge is 2.44. The van der Waals surface area contributed by atoms with Crippen molar-refractivity contribution >= 4 is 46.1 Å². The number of benzene rings is 2. The second kappa shape index (κ2) is 11.5. The second-order valence-corrected chi connectivity index (χ2v) is 12.2. The van der Waals surface area contributed by atoms with Gasteiger partial charge in [-0.2, -0.15) is 0 Å². The molecule has 3 aromatic rings. The van der Waals surface area contributed by atoms with E-state index < -0.39 is 17.7 Å². The third kappa shape index (κ3) is 6.02. The normalized spacial score (nSPS) is 18.8. The number of ether oxygens (including phenoxy) is 3. The van der Waals surface area contributed by atoms with Gasteiger partial charge < -0.3 is 19.1 Å². The molecule has 3 heterocycles. The predicted molar refractivity (Wildman–Crippen MR) is 158 cm³/mol. The van der Waals surface area contributed by atoms with Crippen molar-refractivity contribution in [1.29, 1.82) is 0 Å². The molecule has 218 valence electrons. The number of nitrogens with zero attached hydrogens (tertiary/aromatic N) is 4. The Hall–Kier alpha value is -3.30. The Morgan fingerprint density at radius 3 is 2.32 bits per heavy atom. The van der Waals surface area contributed by atoms with Gasteiger partial charge in [-0.15, -0.1) is 0 Å². The lowest BCUT2D eigenvalue weighted by Crippen LogP contribution is -2.52. The van der Waals surface area contributed by atoms with Crippen molar-refractivity contribution in [2.75, 3.05) is 33.9 Å². The fourth-order valence-electron chi connectivity index (χ4n) is 5.30. The first-order chi connectivity index (χ1) is 19.5. The Bertz CT molecular complexity index is 1460. The van der Waals surface area contributed by atoms with Gasteiger partial charge in [-0.1, -0.05) is 29.3 Å². The van der Waals surface area contributed by atoms with Gasteiger partial charge in [0.25, 0.3) is 0 Å². The number of likely N-dealkylation sites (tertiary alicyclic amines) is 2. The molecule has 41 heavy (non-hydrogen) atoms. The highest BCUT2D eigenvalue weighted by Crippen LogP contribution is 2.46. The molecule has 5 rings (SSSR count). The maximum Gasteiger partial charge on any atom is 0.410 e. The van der Waals surface area contributed by atoms with Gasteiger partial charge in [0.15, 0.2) is 0 Å². The van der Waals surface area contributed by atoms with Crippen molar-refractivity contribution in [2.45, 2.75) is 51.7 Å². The predicted octanol–water partition coefficient (Wildman–Crippen LogP) is 6.02. The first-order valence-electron chi connectivity index (χ1n) is 13.6. The van der Waals surface area contributed by atoms with Gasteiger partial charge in [-0.05, 0) is 57.2 Å². The molecule has 0 bridgehead atoms. The van der Waals surface area contributed by atoms with Gasteiger partial charge in [0.2, 0.25) is 5.91 Å². The van der Waals surface area contributed by atoms with Crippen LogP contribution in [0.1, 0.15) is 39.4 Å². The minimum Gasteiger partial charge on any atom is -0.495 e. The van der Waals surface area contributed by atoms with Crippen LogP contribution in [-0.4, -0.2) is 77.3 Å². The lowest BCUT2D eigenvalue weighted by atomic mass is 9.99. The molecule has 2 saturated heterocycles. The molecule has 2 fully saturated rings. The topological polar surface area (TPSA) is 94.1 Å². The van der Waals surface area contributed by atoms with E-state index in [1.807, 2.05) is 43.9 Å². The largest absolute Gasteiger partial charge is 0.495 e. The lowest BCUT2D eigenvalue weighted by molar-refractivity contribution is -0.139. The van der Waals surface area contributed by atoms with E-state index in [-0.39, 0.29) is 11.8 Å². The highest BCUT2D eigenvalue weighted by atomic mass is 35.5. The van der Waals surface area contributed by atoms with Crippen LogP contribution in [-0.2, 0) is 16.0 Å². The summed E-state index contributed by atoms with van der Waals surface area (Å²) in [7, 11) is 3.07. The van der Waals surface area contributed by atoms with Crippen molar-refractivity contribution in [3.05, 3.63) is 46.3 Å². The number of aromatic nitrogens is 2. The Balaban J connectivity index is 1.38. The molecule has 9 nitrogen and oxygen atoms in total. The molecular formula is C30H34Cl2N4O5. The number of methoxy groups -OCH3 is 2. The van der Waals surface area contributed by atoms with Crippen molar-refractivity contribution in [3.8, 4) is 22.6 Å². The van der Waals surface area contributed by atoms with Gasteiger partial charge in [0.05, 0.1) is 29.8 Å². The molecule has 0 radical (unpaired) electrons. The quantitative estimate of drug-likeness (QED) is 0.341. The summed E-state index contributed by atoms with van der Waals surface area (Å²) in [5.74, 6) is 1.57. The zero-order valence-corrected chi connectivity index (χ0v) is 25.4. The first kappa shape index (κ1) is 29.2. The summed E-state index contributed by atoms with van der Waals surface area (Å²) in [6, 6.07) is 6.83. The highest BCUT2D eigenvalue weighted by molar-refractivity contribution is 6.41. The summed E-state index contributed by atoms with van der Waals surface area (Å²) in [5.41, 5.74) is 1.49. The molecule has 2 aliphatic rings. The van der Waals surface area contributed by atoms with E-state index in [1.54, 1.807) is 17.2 Å². The van der Waals surface area contributed by atoms with Crippen molar-refractivity contribution < 1.29 is 23.8 Å². The maximum atomic E-state index is 13.2. The van der Waals surface area contributed by atoms with Crippen LogP contribution in [0.15, 0.2) is 30.5 Å². The van der Waals surface area contributed by atoms with E-state index in [1.165, 1.54) is 14.2 Å². The zero-order valence-electron chi connectivity index (χ0n) is 23.9. The zero-order chi connectivity index (χ0) is 29.5. The minimum absolute atomic E-state index is 0.0111. The summed E-state index contributed by atoms with van der Waals surface area (Å²) in [5, 5.41) is 1.58. The molecule has 0 saturated carbocycles. The Labute approximate surface area is 249 Å². The van der Waals surface area contributed by atoms with Crippen molar-refractivity contribution in [3.63, 3.8) is 0 Å². The molecule has 11 heteroatoms. The molecule has 0 spiro atoms. The van der Waals surface area contributed by atoms with Gasteiger partial charge >= 0.3 is 6.09 Å². The summed E-state index contributed by atoms with van der Waals surface area (Å²) in [4.78, 5) is 39.0. The van der Waals surface area contributed by atoms with Crippen molar-refractivity contribution in [1.82, 2.24) is 19.8 Å². The fraction of sp³-hybridized carbons (Fsp3) is 0.467. The molecule has 0 N–H and O–H groups in total. The van der Waals surface area contributed by atoms with Crippen LogP contribution in [0.3, 0.4) is 0 Å². The van der Waals surface area contributed by atoms with E-state index in [9.17, 15) is 9.59 Å². The minimum atomic E-state index is -0.649. The van der Waals surface area contributed by atoms with E-state index in [4.69, 9.17) is 42.4 Å². The Morgan fingerprint density at radius 2 is 1.73 bits per heavy atom. The standard InChI is InChI=1S/C30H34Cl2N4O5/c1-30(2,3)41-29(38)36-16-17(11-21(36)28(37)35-9-6-10-35)12-24-33-15-19-13-18(7-8-20(19)34-24)25-26(31)22(39-4)14-23(40-5)27(25)32/h7-8,13-15,17,21H,6,9-12,16H2,1-5H3/t17-,21+/m1/s1. The number of amides is 2. The number of carbonyl (C=O) groups excluding carboxylic acids is 2. The average Bonchev–Trinajstić information content (AvgIpc) is 3.31. The van der Waals surface area contributed by atoms with Crippen LogP contribution in [0.5, 0.6) is 11.5 Å². The van der Waals surface area contributed by atoms with Crippen molar-refractivity contribution in [2.24, 2.45) is 5.92 Å². The van der Waals surface area contributed by atoms with E-state index in [2.05, 4.69) is 4.98 Å². The summed E-state index contributed by atoms with van der Waals surface area (Å²) >= 11 is 13.2. The first-order valence-corrected chi connectivity index (χ1v) is 14.4. The van der Waals surface area contributed by atoms with Crippen LogP contribution < -0.4 is 9.47 Å². The smallest absolute Gasteiger partial charge is 0.410 e. The number of hydrogen-bond acceptors (Lipinski definition) is 7. The van der Waals surface area contributed by atoms with E-state index in [0.29, 0.717) is 52.3 Å². The molecular weight excluding hydrogens is 567 g/mol. The molecule has 2 aromatic carbocycles. The Kier molecular flexibility index (Phi) is 8.21. The molecule has 1 aromatic heterocycles. The molecule has 2 aliphatic heterocycles. The number of fused-ring (bicyclic) bond motifs is 1. The molecule has 0 aliphatic carbocycles. The number of rotatable bonds is 6.